The first-order valence-electron chi connectivity index (χ1n) is 7.85. The minimum absolute atomic E-state index is 0.0736. The molecule has 0 saturated carbocycles. The summed E-state index contributed by atoms with van der Waals surface area (Å²) in [5.41, 5.74) is 1.45. The van der Waals surface area contributed by atoms with Gasteiger partial charge in [0.15, 0.2) is 16.6 Å². The van der Waals surface area contributed by atoms with Crippen molar-refractivity contribution in [2.45, 2.75) is 13.2 Å². The van der Waals surface area contributed by atoms with Gasteiger partial charge in [-0.2, -0.15) is 8.78 Å². The van der Waals surface area contributed by atoms with E-state index in [0.29, 0.717) is 34.6 Å². The molecular weight excluding hydrogens is 378 g/mol. The monoisotopic (exact) mass is 398 g/mol. The van der Waals surface area contributed by atoms with Crippen molar-refractivity contribution in [3.8, 4) is 23.0 Å². The van der Waals surface area contributed by atoms with Gasteiger partial charge in [-0.15, -0.1) is 0 Å². The molecule has 0 aliphatic rings. The molecule has 2 aromatic carbocycles. The smallest absolute Gasteiger partial charge is 0.387 e. The Hall–Kier alpha value is -2.81. The molecule has 6 nitrogen and oxygen atoms in total. The van der Waals surface area contributed by atoms with E-state index >= 15 is 0 Å². The third kappa shape index (κ3) is 5.85. The van der Waals surface area contributed by atoms with E-state index in [1.165, 1.54) is 12.1 Å². The quantitative estimate of drug-likeness (QED) is 0.656. The molecule has 27 heavy (non-hydrogen) atoms. The van der Waals surface area contributed by atoms with E-state index in [1.807, 2.05) is 0 Å². The highest BCUT2D eigenvalue weighted by atomic mass is 32.1. The van der Waals surface area contributed by atoms with Gasteiger partial charge in [-0.25, -0.2) is 0 Å². The predicted molar refractivity (Wildman–Crippen MR) is 102 cm³/mol. The van der Waals surface area contributed by atoms with Crippen LogP contribution in [-0.2, 0) is 6.54 Å². The van der Waals surface area contributed by atoms with E-state index in [4.69, 9.17) is 26.4 Å². The lowest BCUT2D eigenvalue weighted by molar-refractivity contribution is -0.0498. The van der Waals surface area contributed by atoms with Crippen LogP contribution in [0.15, 0.2) is 36.4 Å². The number of halogens is 2. The van der Waals surface area contributed by atoms with Crippen LogP contribution >= 0.6 is 12.2 Å². The predicted octanol–water partition coefficient (Wildman–Crippen LogP) is 3.80. The Labute approximate surface area is 161 Å². The second-order valence-electron chi connectivity index (χ2n) is 5.23. The molecule has 9 heteroatoms. The SMILES string of the molecule is COc1cc(OC)c(OC)cc1CNC(=S)Nc1ccc(OC(F)F)cc1. The van der Waals surface area contributed by atoms with E-state index in [2.05, 4.69) is 15.4 Å². The highest BCUT2D eigenvalue weighted by Crippen LogP contribution is 2.34. The zero-order valence-corrected chi connectivity index (χ0v) is 15.9. The van der Waals surface area contributed by atoms with Crippen molar-refractivity contribution in [3.05, 3.63) is 42.0 Å². The summed E-state index contributed by atoms with van der Waals surface area (Å²) in [5, 5.41) is 6.37. The molecule has 0 spiro atoms. The van der Waals surface area contributed by atoms with Crippen LogP contribution in [0.2, 0.25) is 0 Å². The van der Waals surface area contributed by atoms with Gasteiger partial charge in [0.05, 0.1) is 21.3 Å². The second-order valence-corrected chi connectivity index (χ2v) is 5.64. The van der Waals surface area contributed by atoms with Crippen LogP contribution in [0.5, 0.6) is 23.0 Å². The summed E-state index contributed by atoms with van der Waals surface area (Å²) in [5.74, 6) is 1.83. The first kappa shape index (κ1) is 20.5. The summed E-state index contributed by atoms with van der Waals surface area (Å²) in [4.78, 5) is 0. The fourth-order valence-electron chi connectivity index (χ4n) is 2.30. The van der Waals surface area contributed by atoms with Crippen LogP contribution in [0.1, 0.15) is 5.56 Å². The molecule has 0 bridgehead atoms. The van der Waals surface area contributed by atoms with Crippen molar-refractivity contribution in [2.75, 3.05) is 26.6 Å². The molecule has 0 heterocycles. The van der Waals surface area contributed by atoms with Gasteiger partial charge in [0.2, 0.25) is 0 Å². The van der Waals surface area contributed by atoms with Gasteiger partial charge in [0.25, 0.3) is 0 Å². The average Bonchev–Trinajstić information content (AvgIpc) is 2.66. The van der Waals surface area contributed by atoms with Gasteiger partial charge < -0.3 is 29.6 Å². The summed E-state index contributed by atoms with van der Waals surface area (Å²) in [6, 6.07) is 9.55. The van der Waals surface area contributed by atoms with Crippen molar-refractivity contribution >= 4 is 23.0 Å². The number of hydrogen-bond acceptors (Lipinski definition) is 5. The molecular formula is C18H20F2N2O4S. The van der Waals surface area contributed by atoms with E-state index in [1.54, 1.807) is 45.6 Å². The van der Waals surface area contributed by atoms with Crippen LogP contribution < -0.4 is 29.6 Å². The highest BCUT2D eigenvalue weighted by Gasteiger charge is 2.12. The van der Waals surface area contributed by atoms with Gasteiger partial charge in [0, 0.05) is 23.9 Å². The molecule has 2 aromatic rings. The number of thiocarbonyl (C=S) groups is 1. The summed E-state index contributed by atoms with van der Waals surface area (Å²) in [6.45, 7) is -2.48. The maximum Gasteiger partial charge on any atom is 0.387 e. The maximum absolute atomic E-state index is 12.2. The van der Waals surface area contributed by atoms with Crippen LogP contribution in [0.4, 0.5) is 14.5 Å². The minimum Gasteiger partial charge on any atom is -0.496 e. The third-order valence-corrected chi connectivity index (χ3v) is 3.81. The number of benzene rings is 2. The fraction of sp³-hybridized carbons (Fsp3) is 0.278. The Morgan fingerprint density at radius 3 is 2.11 bits per heavy atom. The molecule has 0 radical (unpaired) electrons. The Morgan fingerprint density at radius 1 is 0.963 bits per heavy atom. The van der Waals surface area contributed by atoms with Crippen LogP contribution in [0.3, 0.4) is 0 Å². The Bertz CT molecular complexity index is 773. The third-order valence-electron chi connectivity index (χ3n) is 3.56. The van der Waals surface area contributed by atoms with Crippen molar-refractivity contribution in [2.24, 2.45) is 0 Å². The Kier molecular flexibility index (Phi) is 7.42. The molecule has 0 fully saturated rings. The average molecular weight is 398 g/mol. The number of ether oxygens (including phenoxy) is 4. The molecule has 0 unspecified atom stereocenters. The molecule has 146 valence electrons. The number of nitrogens with one attached hydrogen (secondary N) is 2. The lowest BCUT2D eigenvalue weighted by Crippen LogP contribution is -2.28. The fourth-order valence-corrected chi connectivity index (χ4v) is 2.49. The number of rotatable bonds is 8. The molecule has 0 atom stereocenters. The van der Waals surface area contributed by atoms with E-state index < -0.39 is 6.61 Å². The Morgan fingerprint density at radius 2 is 1.56 bits per heavy atom. The lowest BCUT2D eigenvalue weighted by atomic mass is 10.1. The van der Waals surface area contributed by atoms with Crippen molar-refractivity contribution in [1.29, 1.82) is 0 Å². The largest absolute Gasteiger partial charge is 0.496 e. The zero-order chi connectivity index (χ0) is 19.8. The molecule has 0 aliphatic heterocycles. The first-order valence-corrected chi connectivity index (χ1v) is 8.26. The molecule has 0 aliphatic carbocycles. The Balaban J connectivity index is 1.98. The zero-order valence-electron chi connectivity index (χ0n) is 15.0. The lowest BCUT2D eigenvalue weighted by Gasteiger charge is -2.16. The topological polar surface area (TPSA) is 61.0 Å². The van der Waals surface area contributed by atoms with Gasteiger partial charge in [0.1, 0.15) is 11.5 Å². The molecule has 0 saturated heterocycles. The van der Waals surface area contributed by atoms with Crippen LogP contribution in [-0.4, -0.2) is 33.1 Å². The maximum atomic E-state index is 12.2. The van der Waals surface area contributed by atoms with Gasteiger partial charge >= 0.3 is 6.61 Å². The van der Waals surface area contributed by atoms with Crippen molar-refractivity contribution in [3.63, 3.8) is 0 Å². The highest BCUT2D eigenvalue weighted by molar-refractivity contribution is 7.80. The summed E-state index contributed by atoms with van der Waals surface area (Å²) < 4.78 is 44.5. The summed E-state index contributed by atoms with van der Waals surface area (Å²) in [7, 11) is 4.66. The number of alkyl halides is 2. The van der Waals surface area contributed by atoms with Crippen LogP contribution in [0.25, 0.3) is 0 Å². The molecule has 0 amide bonds. The van der Waals surface area contributed by atoms with E-state index in [-0.39, 0.29) is 5.75 Å². The van der Waals surface area contributed by atoms with Gasteiger partial charge in [-0.3, -0.25) is 0 Å². The van der Waals surface area contributed by atoms with Gasteiger partial charge in [-0.05, 0) is 42.5 Å². The number of anilines is 1. The number of methoxy groups -OCH3 is 3. The minimum atomic E-state index is -2.86. The van der Waals surface area contributed by atoms with Gasteiger partial charge in [-0.1, -0.05) is 0 Å². The summed E-state index contributed by atoms with van der Waals surface area (Å²) >= 11 is 5.26. The van der Waals surface area contributed by atoms with Crippen LogP contribution in [0, 0.1) is 0 Å². The van der Waals surface area contributed by atoms with E-state index in [9.17, 15) is 8.78 Å². The molecule has 0 aromatic heterocycles. The summed E-state index contributed by atoms with van der Waals surface area (Å²) in [6.07, 6.45) is 0. The van der Waals surface area contributed by atoms with Crippen molar-refractivity contribution in [1.82, 2.24) is 5.32 Å². The molecule has 2 N–H and O–H groups in total. The molecule has 2 rings (SSSR count). The normalized spacial score (nSPS) is 10.3. The van der Waals surface area contributed by atoms with E-state index in [0.717, 1.165) is 5.56 Å². The standard InChI is InChI=1S/C18H20F2N2O4S/c1-23-14-9-16(25-3)15(24-2)8-11(14)10-21-18(27)22-12-4-6-13(7-5-12)26-17(19)20/h4-9,17H,10H2,1-3H3,(H2,21,22,27). The number of hydrogen-bond donors (Lipinski definition) is 2. The second kappa shape index (κ2) is 9.77. The first-order chi connectivity index (χ1) is 13.0. The van der Waals surface area contributed by atoms with Crippen molar-refractivity contribution < 1.29 is 27.7 Å².